The Morgan fingerprint density at radius 1 is 1.24 bits per heavy atom. The maximum absolute atomic E-state index is 12.3. The van der Waals surface area contributed by atoms with Gasteiger partial charge >= 0.3 is 0 Å². The maximum Gasteiger partial charge on any atom is 0.270 e. The van der Waals surface area contributed by atoms with Gasteiger partial charge in [-0.2, -0.15) is 0 Å². The third-order valence-electron chi connectivity index (χ3n) is 3.35. The van der Waals surface area contributed by atoms with Crippen LogP contribution in [0.25, 0.3) is 0 Å². The lowest BCUT2D eigenvalue weighted by atomic mass is 10.0. The Hall–Kier alpha value is -2.36. The number of methoxy groups -OCH3 is 1. The molecule has 0 bridgehead atoms. The topological polar surface area (TPSA) is 51.2 Å². The van der Waals surface area contributed by atoms with Gasteiger partial charge in [0.15, 0.2) is 0 Å². The zero-order valence-electron chi connectivity index (χ0n) is 12.6. The highest BCUT2D eigenvalue weighted by molar-refractivity contribution is 5.92. The van der Waals surface area contributed by atoms with Crippen molar-refractivity contribution in [2.24, 2.45) is 0 Å². The van der Waals surface area contributed by atoms with Crippen molar-refractivity contribution in [3.05, 3.63) is 59.4 Å². The lowest BCUT2D eigenvalue weighted by Crippen LogP contribution is -2.28. The molecule has 110 valence electrons. The molecule has 1 heterocycles. The van der Waals surface area contributed by atoms with Crippen molar-refractivity contribution in [3.63, 3.8) is 0 Å². The minimum absolute atomic E-state index is 0.0364. The second-order valence-electron chi connectivity index (χ2n) is 4.87. The Balaban J connectivity index is 2.12. The third-order valence-corrected chi connectivity index (χ3v) is 3.35. The second-order valence-corrected chi connectivity index (χ2v) is 4.87. The highest BCUT2D eigenvalue weighted by Crippen LogP contribution is 2.20. The van der Waals surface area contributed by atoms with Crippen molar-refractivity contribution >= 4 is 5.91 Å². The van der Waals surface area contributed by atoms with Gasteiger partial charge in [-0.15, -0.1) is 0 Å². The lowest BCUT2D eigenvalue weighted by molar-refractivity contribution is 0.0930. The smallest absolute Gasteiger partial charge is 0.270 e. The molecule has 1 aromatic heterocycles. The van der Waals surface area contributed by atoms with Gasteiger partial charge in [0.1, 0.15) is 11.4 Å². The van der Waals surface area contributed by atoms with Gasteiger partial charge in [0.2, 0.25) is 0 Å². The van der Waals surface area contributed by atoms with Gasteiger partial charge in [-0.05, 0) is 43.2 Å². The molecule has 21 heavy (non-hydrogen) atoms. The fourth-order valence-electron chi connectivity index (χ4n) is 2.16. The lowest BCUT2D eigenvalue weighted by Gasteiger charge is -2.17. The van der Waals surface area contributed by atoms with E-state index in [4.69, 9.17) is 4.74 Å². The molecule has 0 fully saturated rings. The summed E-state index contributed by atoms with van der Waals surface area (Å²) in [4.78, 5) is 16.5. The van der Waals surface area contributed by atoms with Gasteiger partial charge in [0.05, 0.1) is 13.2 Å². The molecular weight excluding hydrogens is 264 g/mol. The quantitative estimate of drug-likeness (QED) is 0.916. The van der Waals surface area contributed by atoms with Crippen LogP contribution in [-0.4, -0.2) is 18.0 Å². The molecule has 0 radical (unpaired) electrons. The molecule has 0 aliphatic carbocycles. The molecule has 1 unspecified atom stereocenters. The van der Waals surface area contributed by atoms with E-state index in [1.165, 1.54) is 0 Å². The number of ether oxygens (including phenoxy) is 1. The van der Waals surface area contributed by atoms with Crippen LogP contribution < -0.4 is 10.1 Å². The molecule has 1 atom stereocenters. The molecule has 1 aromatic carbocycles. The Kier molecular flexibility index (Phi) is 4.93. The molecule has 0 aliphatic rings. The number of benzene rings is 1. The van der Waals surface area contributed by atoms with E-state index in [9.17, 15) is 4.79 Å². The number of carbonyl (C=O) groups is 1. The summed E-state index contributed by atoms with van der Waals surface area (Å²) in [6.07, 6.45) is 0.809. The average molecular weight is 284 g/mol. The molecule has 0 saturated carbocycles. The Morgan fingerprint density at radius 2 is 1.95 bits per heavy atom. The minimum atomic E-state index is -0.152. The summed E-state index contributed by atoms with van der Waals surface area (Å²) in [5.74, 6) is 0.654. The van der Waals surface area contributed by atoms with E-state index in [1.54, 1.807) is 13.2 Å². The second kappa shape index (κ2) is 6.88. The summed E-state index contributed by atoms with van der Waals surface area (Å²) in [7, 11) is 1.64. The van der Waals surface area contributed by atoms with Crippen LogP contribution in [0.5, 0.6) is 5.75 Å². The molecule has 1 N–H and O–H groups in total. The summed E-state index contributed by atoms with van der Waals surface area (Å²) in [6, 6.07) is 13.1. The monoisotopic (exact) mass is 284 g/mol. The predicted molar refractivity (Wildman–Crippen MR) is 82.5 cm³/mol. The van der Waals surface area contributed by atoms with Gasteiger partial charge < -0.3 is 10.1 Å². The largest absolute Gasteiger partial charge is 0.497 e. The molecule has 1 amide bonds. The number of aryl methyl sites for hydroxylation is 1. The molecule has 2 rings (SSSR count). The van der Waals surface area contributed by atoms with Crippen LogP contribution in [0.1, 0.15) is 41.1 Å². The van der Waals surface area contributed by atoms with Gasteiger partial charge in [0.25, 0.3) is 5.91 Å². The fraction of sp³-hybridized carbons (Fsp3) is 0.294. The maximum atomic E-state index is 12.3. The van der Waals surface area contributed by atoms with Crippen LogP contribution in [0.15, 0.2) is 42.5 Å². The van der Waals surface area contributed by atoms with Crippen molar-refractivity contribution < 1.29 is 9.53 Å². The first-order valence-corrected chi connectivity index (χ1v) is 7.02. The molecular formula is C17H20N2O2. The summed E-state index contributed by atoms with van der Waals surface area (Å²) in [5, 5.41) is 3.02. The van der Waals surface area contributed by atoms with Gasteiger partial charge in [-0.3, -0.25) is 4.79 Å². The summed E-state index contributed by atoms with van der Waals surface area (Å²) in [5.41, 5.74) is 2.33. The van der Waals surface area contributed by atoms with Gasteiger partial charge in [-0.1, -0.05) is 25.1 Å². The zero-order valence-corrected chi connectivity index (χ0v) is 12.6. The molecule has 0 saturated heterocycles. The van der Waals surface area contributed by atoms with E-state index in [2.05, 4.69) is 10.3 Å². The average Bonchev–Trinajstić information content (AvgIpc) is 2.52. The molecule has 2 aromatic rings. The van der Waals surface area contributed by atoms with Crippen LogP contribution in [-0.2, 0) is 0 Å². The third kappa shape index (κ3) is 3.81. The summed E-state index contributed by atoms with van der Waals surface area (Å²) < 4.78 is 5.15. The Morgan fingerprint density at radius 3 is 2.52 bits per heavy atom. The number of nitrogens with zero attached hydrogens (tertiary/aromatic N) is 1. The van der Waals surface area contributed by atoms with E-state index < -0.39 is 0 Å². The normalized spacial score (nSPS) is 11.8. The summed E-state index contributed by atoms with van der Waals surface area (Å²) >= 11 is 0. The first-order valence-electron chi connectivity index (χ1n) is 7.02. The highest BCUT2D eigenvalue weighted by Gasteiger charge is 2.15. The van der Waals surface area contributed by atoms with Crippen molar-refractivity contribution in [1.29, 1.82) is 0 Å². The standard InChI is InChI=1S/C17H20N2O2/c1-4-15(13-8-10-14(21-3)11-9-13)19-17(20)16-7-5-6-12(2)18-16/h5-11,15H,4H2,1-3H3,(H,19,20). The van der Waals surface area contributed by atoms with Crippen molar-refractivity contribution in [2.75, 3.05) is 7.11 Å². The molecule has 0 spiro atoms. The number of aromatic nitrogens is 1. The Labute approximate surface area is 125 Å². The number of hydrogen-bond acceptors (Lipinski definition) is 3. The first kappa shape index (κ1) is 15.0. The van der Waals surface area contributed by atoms with Crippen molar-refractivity contribution in [2.45, 2.75) is 26.3 Å². The van der Waals surface area contributed by atoms with Gasteiger partial charge in [0, 0.05) is 5.69 Å². The van der Waals surface area contributed by atoms with Crippen LogP contribution in [0.4, 0.5) is 0 Å². The predicted octanol–water partition coefficient (Wildman–Crippen LogP) is 3.28. The zero-order chi connectivity index (χ0) is 15.2. The molecule has 4 nitrogen and oxygen atoms in total. The summed E-state index contributed by atoms with van der Waals surface area (Å²) in [6.45, 7) is 3.91. The number of nitrogens with one attached hydrogen (secondary N) is 1. The van der Waals surface area contributed by atoms with Crippen LogP contribution in [0.2, 0.25) is 0 Å². The van der Waals surface area contributed by atoms with Crippen LogP contribution in [0.3, 0.4) is 0 Å². The Bertz CT molecular complexity index is 608. The minimum Gasteiger partial charge on any atom is -0.497 e. The van der Waals surface area contributed by atoms with E-state index in [0.29, 0.717) is 5.69 Å². The van der Waals surface area contributed by atoms with E-state index in [1.807, 2.05) is 50.2 Å². The van der Waals surface area contributed by atoms with E-state index in [0.717, 1.165) is 23.4 Å². The van der Waals surface area contributed by atoms with Gasteiger partial charge in [-0.25, -0.2) is 4.98 Å². The van der Waals surface area contributed by atoms with Crippen LogP contribution in [0, 0.1) is 6.92 Å². The van der Waals surface area contributed by atoms with Crippen molar-refractivity contribution in [1.82, 2.24) is 10.3 Å². The molecule has 4 heteroatoms. The van der Waals surface area contributed by atoms with Crippen molar-refractivity contribution in [3.8, 4) is 5.75 Å². The van der Waals surface area contributed by atoms with E-state index in [-0.39, 0.29) is 11.9 Å². The SMILES string of the molecule is CCC(NC(=O)c1cccc(C)n1)c1ccc(OC)cc1. The van der Waals surface area contributed by atoms with Crippen LogP contribution >= 0.6 is 0 Å². The number of carbonyl (C=O) groups excluding carboxylic acids is 1. The molecule has 0 aliphatic heterocycles. The number of amides is 1. The fourth-order valence-corrected chi connectivity index (χ4v) is 2.16. The number of pyridine rings is 1. The number of hydrogen-bond donors (Lipinski definition) is 1. The van der Waals surface area contributed by atoms with E-state index >= 15 is 0 Å². The number of rotatable bonds is 5. The highest BCUT2D eigenvalue weighted by atomic mass is 16.5. The first-order chi connectivity index (χ1) is 10.1.